The molecule has 10 atom stereocenters. The molecule has 4 aliphatic rings. The van der Waals surface area contributed by atoms with Crippen LogP contribution in [0.4, 0.5) is 0 Å². The molecule has 0 radical (unpaired) electrons. The van der Waals surface area contributed by atoms with Gasteiger partial charge in [-0.05, 0) is 49.0 Å². The quantitative estimate of drug-likeness (QED) is 0.376. The third kappa shape index (κ3) is 2.57. The molecule has 0 heterocycles. The van der Waals surface area contributed by atoms with Crippen LogP contribution < -0.4 is 0 Å². The second-order valence-corrected chi connectivity index (χ2v) is 10.6. The Morgan fingerprint density at radius 3 is 2.45 bits per heavy atom. The van der Waals surface area contributed by atoms with Gasteiger partial charge in [0.25, 0.3) is 0 Å². The van der Waals surface area contributed by atoms with Crippen molar-refractivity contribution < 1.29 is 35.4 Å². The molecule has 3 fully saturated rings. The summed E-state index contributed by atoms with van der Waals surface area (Å²) < 4.78 is 0. The Kier molecular flexibility index (Phi) is 4.76. The van der Waals surface area contributed by atoms with Crippen LogP contribution in [0.25, 0.3) is 0 Å². The zero-order valence-corrected chi connectivity index (χ0v) is 17.3. The van der Waals surface area contributed by atoms with Gasteiger partial charge >= 0.3 is 5.97 Å². The van der Waals surface area contributed by atoms with E-state index in [1.807, 2.05) is 13.0 Å². The zero-order chi connectivity index (χ0) is 21.5. The normalized spacial score (nSPS) is 51.6. The summed E-state index contributed by atoms with van der Waals surface area (Å²) in [6, 6.07) is 0. The largest absolute Gasteiger partial charge is 0.481 e. The lowest BCUT2D eigenvalue weighted by molar-refractivity contribution is -0.177. The number of carboxylic acid groups (broad SMARTS) is 1. The van der Waals surface area contributed by atoms with Gasteiger partial charge in [0.15, 0.2) is 0 Å². The van der Waals surface area contributed by atoms with E-state index in [1.165, 1.54) is 0 Å². The van der Waals surface area contributed by atoms with Crippen LogP contribution in [0.3, 0.4) is 0 Å². The standard InChI is InChI=1S/C22H34O7/c1-10-13-5-4-11-12(15(23)7-18(26)27)8-21(13,19(11)28)9-17(25)22(29)14(10)6-16(24)20(22,2)3/h8,10-11,13-17,19,23-25,28-29H,4-7,9H2,1-3H3,(H,26,27)/t10-,11-,13-,14-,15?,16-,17+,19+,21+,22-/m0/s1. The minimum absolute atomic E-state index is 0.0296. The second kappa shape index (κ2) is 6.50. The predicted molar refractivity (Wildman–Crippen MR) is 104 cm³/mol. The molecule has 0 saturated heterocycles. The van der Waals surface area contributed by atoms with E-state index >= 15 is 0 Å². The molecule has 1 unspecified atom stereocenters. The summed E-state index contributed by atoms with van der Waals surface area (Å²) >= 11 is 0. The van der Waals surface area contributed by atoms with Gasteiger partial charge < -0.3 is 30.6 Å². The average molecular weight is 411 g/mol. The Morgan fingerprint density at radius 1 is 1.17 bits per heavy atom. The van der Waals surface area contributed by atoms with Gasteiger partial charge in [-0.25, -0.2) is 0 Å². The van der Waals surface area contributed by atoms with E-state index in [-0.39, 0.29) is 30.1 Å². The van der Waals surface area contributed by atoms with E-state index in [2.05, 4.69) is 0 Å². The van der Waals surface area contributed by atoms with Gasteiger partial charge in [-0.1, -0.05) is 26.8 Å². The number of carboxylic acids is 1. The molecule has 0 amide bonds. The van der Waals surface area contributed by atoms with E-state index < -0.39 is 53.2 Å². The molecular weight excluding hydrogens is 376 g/mol. The van der Waals surface area contributed by atoms with E-state index in [0.717, 1.165) is 6.42 Å². The monoisotopic (exact) mass is 410 g/mol. The Labute approximate surface area is 171 Å². The van der Waals surface area contributed by atoms with E-state index in [0.29, 0.717) is 18.4 Å². The smallest absolute Gasteiger partial charge is 0.306 e. The molecule has 0 aliphatic heterocycles. The van der Waals surface area contributed by atoms with Gasteiger partial charge in [0, 0.05) is 16.7 Å². The van der Waals surface area contributed by atoms with Crippen molar-refractivity contribution in [2.24, 2.45) is 34.5 Å². The van der Waals surface area contributed by atoms with Crippen molar-refractivity contribution in [3.63, 3.8) is 0 Å². The lowest BCUT2D eigenvalue weighted by atomic mass is 9.59. The fourth-order valence-electron chi connectivity index (χ4n) is 7.57. The maximum absolute atomic E-state index is 11.7. The third-order valence-corrected chi connectivity index (χ3v) is 9.26. The average Bonchev–Trinajstić information content (AvgIpc) is 2.88. The van der Waals surface area contributed by atoms with Gasteiger partial charge in [-0.15, -0.1) is 0 Å². The molecule has 29 heavy (non-hydrogen) atoms. The lowest BCUT2D eigenvalue weighted by Crippen LogP contribution is -2.57. The molecule has 6 N–H and O–H groups in total. The molecule has 2 bridgehead atoms. The molecule has 164 valence electrons. The minimum Gasteiger partial charge on any atom is -0.481 e. The summed E-state index contributed by atoms with van der Waals surface area (Å²) in [6.07, 6.45) is -0.524. The molecule has 0 aromatic rings. The van der Waals surface area contributed by atoms with Crippen molar-refractivity contribution in [2.45, 2.75) is 82.9 Å². The first kappa shape index (κ1) is 21.2. The van der Waals surface area contributed by atoms with Crippen molar-refractivity contribution in [1.29, 1.82) is 0 Å². The van der Waals surface area contributed by atoms with Crippen LogP contribution in [0.1, 0.15) is 52.9 Å². The van der Waals surface area contributed by atoms with Gasteiger partial charge in [-0.2, -0.15) is 0 Å². The molecule has 1 spiro atoms. The summed E-state index contributed by atoms with van der Waals surface area (Å²) in [5.74, 6) is -1.82. The van der Waals surface area contributed by atoms with Crippen LogP contribution in [-0.4, -0.2) is 66.6 Å². The highest BCUT2D eigenvalue weighted by Gasteiger charge is 2.70. The topological polar surface area (TPSA) is 138 Å². The molecule has 0 aromatic heterocycles. The first-order valence-corrected chi connectivity index (χ1v) is 10.8. The minimum atomic E-state index is -1.48. The van der Waals surface area contributed by atoms with Crippen molar-refractivity contribution in [3.05, 3.63) is 11.6 Å². The van der Waals surface area contributed by atoms with Gasteiger partial charge in [0.05, 0.1) is 30.8 Å². The SMILES string of the molecule is C[C@H]1[C@@H]2CC[C@H]3C(C(O)CC(=O)O)=C[C@]2(C[C@@H](O)[C@@]2(O)[C@H]1C[C@H](O)C2(C)C)[C@@H]3O. The summed E-state index contributed by atoms with van der Waals surface area (Å²) in [5.41, 5.74) is -2.63. The fraction of sp³-hybridized carbons (Fsp3) is 0.864. The lowest BCUT2D eigenvalue weighted by Gasteiger charge is -2.47. The van der Waals surface area contributed by atoms with E-state index in [1.54, 1.807) is 13.8 Å². The Morgan fingerprint density at radius 2 is 1.83 bits per heavy atom. The fourth-order valence-corrected chi connectivity index (χ4v) is 7.57. The van der Waals surface area contributed by atoms with Gasteiger partial charge in [-0.3, -0.25) is 4.79 Å². The number of aliphatic carboxylic acids is 1. The molecule has 4 rings (SSSR count). The second-order valence-electron chi connectivity index (χ2n) is 10.6. The molecule has 7 heteroatoms. The van der Waals surface area contributed by atoms with Crippen LogP contribution in [0.2, 0.25) is 0 Å². The predicted octanol–water partition coefficient (Wildman–Crippen LogP) is 0.674. The zero-order valence-electron chi connectivity index (χ0n) is 17.3. The molecule has 7 nitrogen and oxygen atoms in total. The van der Waals surface area contributed by atoms with Crippen molar-refractivity contribution in [2.75, 3.05) is 0 Å². The maximum Gasteiger partial charge on any atom is 0.306 e. The highest BCUT2D eigenvalue weighted by Crippen LogP contribution is 2.66. The number of aliphatic hydroxyl groups is 5. The van der Waals surface area contributed by atoms with Gasteiger partial charge in [0.2, 0.25) is 0 Å². The summed E-state index contributed by atoms with van der Waals surface area (Å²) in [7, 11) is 0. The number of rotatable bonds is 3. The highest BCUT2D eigenvalue weighted by molar-refractivity contribution is 5.68. The van der Waals surface area contributed by atoms with Crippen LogP contribution in [0, 0.1) is 34.5 Å². The Bertz CT molecular complexity index is 733. The third-order valence-electron chi connectivity index (χ3n) is 9.26. The number of fused-ring (bicyclic) bond motifs is 2. The maximum atomic E-state index is 11.7. The summed E-state index contributed by atoms with van der Waals surface area (Å²) in [5, 5.41) is 64.5. The Hall–Kier alpha value is -0.990. The van der Waals surface area contributed by atoms with Crippen LogP contribution in [0.5, 0.6) is 0 Å². The number of hydrogen-bond donors (Lipinski definition) is 6. The van der Waals surface area contributed by atoms with Crippen molar-refractivity contribution in [3.8, 4) is 0 Å². The molecule has 0 aromatic carbocycles. The first-order chi connectivity index (χ1) is 13.4. The van der Waals surface area contributed by atoms with Crippen LogP contribution in [0.15, 0.2) is 11.6 Å². The Balaban J connectivity index is 1.79. The number of carbonyl (C=O) groups is 1. The summed E-state index contributed by atoms with van der Waals surface area (Å²) in [6.45, 7) is 5.60. The molecule has 3 saturated carbocycles. The number of hydrogen-bond acceptors (Lipinski definition) is 6. The van der Waals surface area contributed by atoms with E-state index in [4.69, 9.17) is 5.11 Å². The highest BCUT2D eigenvalue weighted by atomic mass is 16.4. The van der Waals surface area contributed by atoms with Crippen molar-refractivity contribution >= 4 is 5.97 Å². The molecular formula is C22H34O7. The number of aliphatic hydroxyl groups excluding tert-OH is 4. The summed E-state index contributed by atoms with van der Waals surface area (Å²) in [4.78, 5) is 11.1. The van der Waals surface area contributed by atoms with Crippen LogP contribution in [-0.2, 0) is 4.79 Å². The van der Waals surface area contributed by atoms with Gasteiger partial charge in [0.1, 0.15) is 5.60 Å². The van der Waals surface area contributed by atoms with Crippen molar-refractivity contribution in [1.82, 2.24) is 0 Å². The molecule has 4 aliphatic carbocycles. The van der Waals surface area contributed by atoms with Crippen LogP contribution >= 0.6 is 0 Å². The first-order valence-electron chi connectivity index (χ1n) is 10.8. The van der Waals surface area contributed by atoms with E-state index in [9.17, 15) is 30.3 Å².